The average Bonchev–Trinajstić information content (AvgIpc) is 3.21. The number of benzene rings is 2. The van der Waals surface area contributed by atoms with Gasteiger partial charge in [0.2, 0.25) is 5.91 Å². The number of thiazole rings is 1. The Hall–Kier alpha value is -2.84. The minimum Gasteiger partial charge on any atom is -0.497 e. The highest BCUT2D eigenvalue weighted by molar-refractivity contribution is 7.98. The zero-order chi connectivity index (χ0) is 22.2. The summed E-state index contributed by atoms with van der Waals surface area (Å²) in [5.74, 6) is 1.02. The Balaban J connectivity index is 1.56. The summed E-state index contributed by atoms with van der Waals surface area (Å²) < 4.78 is 5.17. The van der Waals surface area contributed by atoms with Crippen LogP contribution in [0.15, 0.2) is 58.8 Å². The van der Waals surface area contributed by atoms with E-state index in [9.17, 15) is 9.59 Å². The Morgan fingerprint density at radius 1 is 1.19 bits per heavy atom. The largest absolute Gasteiger partial charge is 0.497 e. The molecule has 0 atom stereocenters. The number of aromatic nitrogens is 1. The van der Waals surface area contributed by atoms with E-state index in [1.165, 1.54) is 4.90 Å². The molecule has 0 aliphatic heterocycles. The number of thioether (sulfide) groups is 1. The van der Waals surface area contributed by atoms with E-state index >= 15 is 0 Å². The number of nitrogens with zero attached hydrogens (tertiary/aromatic N) is 2. The maximum atomic E-state index is 12.9. The smallest absolute Gasteiger partial charge is 0.254 e. The van der Waals surface area contributed by atoms with Crippen molar-refractivity contribution < 1.29 is 14.3 Å². The Kier molecular flexibility index (Phi) is 8.08. The monoisotopic (exact) mass is 455 g/mol. The van der Waals surface area contributed by atoms with Gasteiger partial charge in [0.15, 0.2) is 0 Å². The van der Waals surface area contributed by atoms with Crippen LogP contribution in [0.25, 0.3) is 0 Å². The van der Waals surface area contributed by atoms with Crippen molar-refractivity contribution in [1.29, 1.82) is 0 Å². The molecule has 0 radical (unpaired) electrons. The lowest BCUT2D eigenvalue weighted by Crippen LogP contribution is -2.37. The van der Waals surface area contributed by atoms with E-state index in [1.807, 2.05) is 26.0 Å². The number of hydrogen-bond donors (Lipinski definition) is 1. The Labute approximate surface area is 190 Å². The first kappa shape index (κ1) is 22.8. The van der Waals surface area contributed by atoms with Crippen molar-refractivity contribution in [2.45, 2.75) is 24.5 Å². The van der Waals surface area contributed by atoms with E-state index in [0.717, 1.165) is 21.3 Å². The highest BCUT2D eigenvalue weighted by Crippen LogP contribution is 2.24. The number of carbonyl (C=O) groups is 2. The second-order valence-electron chi connectivity index (χ2n) is 6.77. The summed E-state index contributed by atoms with van der Waals surface area (Å²) in [7, 11) is 1.57. The summed E-state index contributed by atoms with van der Waals surface area (Å²) in [5.41, 5.74) is 2.25. The van der Waals surface area contributed by atoms with Gasteiger partial charge in [0.1, 0.15) is 12.3 Å². The van der Waals surface area contributed by atoms with Gasteiger partial charge in [-0.05, 0) is 50.2 Å². The molecule has 0 aliphatic rings. The van der Waals surface area contributed by atoms with Gasteiger partial charge in [0, 0.05) is 39.9 Å². The highest BCUT2D eigenvalue weighted by Gasteiger charge is 2.17. The van der Waals surface area contributed by atoms with Crippen molar-refractivity contribution in [1.82, 2.24) is 9.88 Å². The van der Waals surface area contributed by atoms with Crippen LogP contribution in [-0.4, -0.2) is 41.9 Å². The first-order valence-corrected chi connectivity index (χ1v) is 11.7. The molecule has 0 aliphatic carbocycles. The number of likely N-dealkylation sites (N-methyl/N-ethyl adjacent to an activating group) is 1. The van der Waals surface area contributed by atoms with Gasteiger partial charge in [0.25, 0.3) is 5.91 Å². The molecule has 1 heterocycles. The molecule has 31 heavy (non-hydrogen) atoms. The fourth-order valence-electron chi connectivity index (χ4n) is 2.91. The second kappa shape index (κ2) is 11.0. The Morgan fingerprint density at radius 2 is 1.97 bits per heavy atom. The normalized spacial score (nSPS) is 10.5. The third-order valence-electron chi connectivity index (χ3n) is 4.51. The molecule has 6 nitrogen and oxygen atoms in total. The molecule has 0 spiro atoms. The maximum absolute atomic E-state index is 12.9. The minimum absolute atomic E-state index is 0.0216. The number of aryl methyl sites for hydroxylation is 1. The lowest BCUT2D eigenvalue weighted by Gasteiger charge is -2.20. The van der Waals surface area contributed by atoms with Crippen molar-refractivity contribution in [2.75, 3.05) is 25.5 Å². The molecule has 0 fully saturated rings. The van der Waals surface area contributed by atoms with Gasteiger partial charge in [-0.2, -0.15) is 0 Å². The minimum atomic E-state index is -0.255. The first-order valence-electron chi connectivity index (χ1n) is 9.85. The zero-order valence-corrected chi connectivity index (χ0v) is 19.4. The molecule has 0 saturated carbocycles. The van der Waals surface area contributed by atoms with Crippen LogP contribution in [0.2, 0.25) is 0 Å². The van der Waals surface area contributed by atoms with Crippen LogP contribution in [0, 0.1) is 6.92 Å². The second-order valence-corrected chi connectivity index (χ2v) is 8.88. The number of nitrogens with one attached hydrogen (secondary N) is 1. The molecule has 162 valence electrons. The van der Waals surface area contributed by atoms with Crippen molar-refractivity contribution >= 4 is 40.6 Å². The number of hydrogen-bond acceptors (Lipinski definition) is 6. The number of rotatable bonds is 9. The molecule has 2 aromatic carbocycles. The maximum Gasteiger partial charge on any atom is 0.254 e. The van der Waals surface area contributed by atoms with Crippen LogP contribution in [0.1, 0.15) is 28.0 Å². The number of ether oxygens (including phenoxy) is 1. The molecule has 3 aromatic rings. The summed E-state index contributed by atoms with van der Waals surface area (Å²) in [5, 5.41) is 5.94. The predicted molar refractivity (Wildman–Crippen MR) is 126 cm³/mol. The third kappa shape index (κ3) is 6.57. The number of carbonyl (C=O) groups excluding carboxylic acids is 2. The van der Waals surface area contributed by atoms with Gasteiger partial charge in [-0.25, -0.2) is 4.98 Å². The van der Waals surface area contributed by atoms with Gasteiger partial charge in [0.05, 0.1) is 17.8 Å². The number of amides is 2. The summed E-state index contributed by atoms with van der Waals surface area (Å²) in [6.07, 6.45) is 0. The molecule has 0 saturated heterocycles. The van der Waals surface area contributed by atoms with E-state index in [2.05, 4.69) is 15.7 Å². The van der Waals surface area contributed by atoms with Crippen LogP contribution in [0.4, 0.5) is 5.69 Å². The van der Waals surface area contributed by atoms with Crippen LogP contribution in [0.5, 0.6) is 5.75 Å². The van der Waals surface area contributed by atoms with E-state index in [-0.39, 0.29) is 18.4 Å². The summed E-state index contributed by atoms with van der Waals surface area (Å²) >= 11 is 3.33. The standard InChI is InChI=1S/C23H25N3O3S2/c1-4-26(13-22(27)25-18-6-5-7-20(12-18)29-3)23(28)17-8-10-21(11-9-17)31-15-19-14-30-16(2)24-19/h5-12,14H,4,13,15H2,1-3H3,(H,25,27). The summed E-state index contributed by atoms with van der Waals surface area (Å²) in [4.78, 5) is 32.4. The molecule has 2 amide bonds. The molecular weight excluding hydrogens is 430 g/mol. The highest BCUT2D eigenvalue weighted by atomic mass is 32.2. The van der Waals surface area contributed by atoms with Crippen molar-refractivity contribution in [3.05, 3.63) is 70.2 Å². The topological polar surface area (TPSA) is 71.5 Å². The third-order valence-corrected chi connectivity index (χ3v) is 6.38. The zero-order valence-electron chi connectivity index (χ0n) is 17.8. The van der Waals surface area contributed by atoms with Gasteiger partial charge in [-0.1, -0.05) is 6.07 Å². The van der Waals surface area contributed by atoms with E-state index in [4.69, 9.17) is 4.74 Å². The molecule has 0 unspecified atom stereocenters. The Morgan fingerprint density at radius 3 is 2.61 bits per heavy atom. The molecule has 8 heteroatoms. The van der Waals surface area contributed by atoms with Gasteiger partial charge in [-0.3, -0.25) is 9.59 Å². The van der Waals surface area contributed by atoms with E-state index < -0.39 is 0 Å². The fraction of sp³-hybridized carbons (Fsp3) is 0.261. The predicted octanol–water partition coefficient (Wildman–Crippen LogP) is 4.85. The van der Waals surface area contributed by atoms with E-state index in [0.29, 0.717) is 23.5 Å². The van der Waals surface area contributed by atoms with Crippen LogP contribution < -0.4 is 10.1 Å². The van der Waals surface area contributed by atoms with Crippen molar-refractivity contribution in [3.8, 4) is 5.75 Å². The Bertz CT molecular complexity index is 1030. The summed E-state index contributed by atoms with van der Waals surface area (Å²) in [6.45, 7) is 4.27. The van der Waals surface area contributed by atoms with Crippen molar-refractivity contribution in [2.24, 2.45) is 0 Å². The SMILES string of the molecule is CCN(CC(=O)Nc1cccc(OC)c1)C(=O)c1ccc(SCc2csc(C)n2)cc1. The lowest BCUT2D eigenvalue weighted by atomic mass is 10.2. The van der Waals surface area contributed by atoms with E-state index in [1.54, 1.807) is 66.6 Å². The van der Waals surface area contributed by atoms with Gasteiger partial charge in [-0.15, -0.1) is 23.1 Å². The fourth-order valence-corrected chi connectivity index (χ4v) is 4.42. The van der Waals surface area contributed by atoms with Crippen LogP contribution >= 0.6 is 23.1 Å². The van der Waals surface area contributed by atoms with Gasteiger partial charge < -0.3 is 15.0 Å². The first-order chi connectivity index (χ1) is 15.0. The number of methoxy groups -OCH3 is 1. The quantitative estimate of drug-likeness (QED) is 0.467. The molecule has 1 aromatic heterocycles. The molecule has 3 rings (SSSR count). The van der Waals surface area contributed by atoms with Crippen molar-refractivity contribution in [3.63, 3.8) is 0 Å². The van der Waals surface area contributed by atoms with Crippen LogP contribution in [-0.2, 0) is 10.5 Å². The average molecular weight is 456 g/mol. The lowest BCUT2D eigenvalue weighted by molar-refractivity contribution is -0.116. The van der Waals surface area contributed by atoms with Crippen LogP contribution in [0.3, 0.4) is 0 Å². The number of anilines is 1. The molecule has 1 N–H and O–H groups in total. The summed E-state index contributed by atoms with van der Waals surface area (Å²) in [6, 6.07) is 14.6. The van der Waals surface area contributed by atoms with Gasteiger partial charge >= 0.3 is 0 Å². The molecule has 0 bridgehead atoms. The molecular formula is C23H25N3O3S2.